The van der Waals surface area contributed by atoms with E-state index in [2.05, 4.69) is 4.90 Å². The lowest BCUT2D eigenvalue weighted by Crippen LogP contribution is -2.36. The summed E-state index contributed by atoms with van der Waals surface area (Å²) in [4.78, 5) is 32.7. The molecule has 1 heterocycles. The largest absolute Gasteiger partial charge is 0.494 e. The van der Waals surface area contributed by atoms with Gasteiger partial charge in [0.25, 0.3) is 0 Å². The predicted octanol–water partition coefficient (Wildman–Crippen LogP) is 5.09. The first-order valence-electron chi connectivity index (χ1n) is 13.5. The Morgan fingerprint density at radius 1 is 0.833 bits per heavy atom. The molecule has 1 fully saturated rings. The number of likely N-dealkylation sites (tertiary alicyclic amines) is 1. The van der Waals surface area contributed by atoms with Crippen molar-refractivity contribution in [1.29, 1.82) is 0 Å². The maximum atomic E-state index is 13.5. The third-order valence-corrected chi connectivity index (χ3v) is 6.96. The van der Waals surface area contributed by atoms with Crippen LogP contribution in [0.3, 0.4) is 0 Å². The first-order valence-corrected chi connectivity index (χ1v) is 13.5. The van der Waals surface area contributed by atoms with Crippen molar-refractivity contribution in [2.24, 2.45) is 11.7 Å². The molecule has 0 atom stereocenters. The number of amides is 1. The van der Waals surface area contributed by atoms with E-state index in [0.29, 0.717) is 30.2 Å². The van der Waals surface area contributed by atoms with Gasteiger partial charge < -0.3 is 25.6 Å². The molecule has 0 bridgehead atoms. The Morgan fingerprint density at radius 3 is 1.74 bits per heavy atom. The van der Waals surface area contributed by atoms with Gasteiger partial charge in [0.05, 0.1) is 6.61 Å². The number of hydrogen-bond acceptors (Lipinski definition) is 5. The molecule has 3 aromatic carbocycles. The summed E-state index contributed by atoms with van der Waals surface area (Å²) in [6, 6.07) is 20.3. The normalized spacial score (nSPS) is 13.9. The molecule has 0 spiro atoms. The molecule has 0 saturated carbocycles. The van der Waals surface area contributed by atoms with Crippen LogP contribution in [0, 0.1) is 17.6 Å². The third kappa shape index (κ3) is 10.4. The summed E-state index contributed by atoms with van der Waals surface area (Å²) in [5.41, 5.74) is 7.87. The fraction of sp³-hybridized carbons (Fsp3) is 0.281. The van der Waals surface area contributed by atoms with Gasteiger partial charge in [0.2, 0.25) is 5.91 Å². The van der Waals surface area contributed by atoms with E-state index in [9.17, 15) is 23.2 Å². The fourth-order valence-corrected chi connectivity index (χ4v) is 4.92. The van der Waals surface area contributed by atoms with Gasteiger partial charge in [-0.1, -0.05) is 24.3 Å². The molecule has 1 aliphatic heterocycles. The van der Waals surface area contributed by atoms with Crippen molar-refractivity contribution < 1.29 is 38.1 Å². The fourth-order valence-electron chi connectivity index (χ4n) is 4.92. The molecule has 0 unspecified atom stereocenters. The highest BCUT2D eigenvalue weighted by Gasteiger charge is 2.29. The Labute approximate surface area is 243 Å². The van der Waals surface area contributed by atoms with E-state index >= 15 is 0 Å². The lowest BCUT2D eigenvalue weighted by Gasteiger charge is -2.36. The molecule has 4 rings (SSSR count). The van der Waals surface area contributed by atoms with Gasteiger partial charge in [0.1, 0.15) is 17.4 Å². The first-order chi connectivity index (χ1) is 20.1. The number of carboxylic acids is 2. The van der Waals surface area contributed by atoms with Crippen molar-refractivity contribution in [1.82, 2.24) is 4.90 Å². The number of piperidine rings is 1. The van der Waals surface area contributed by atoms with Crippen LogP contribution in [-0.2, 0) is 9.59 Å². The van der Waals surface area contributed by atoms with E-state index in [1.165, 1.54) is 24.3 Å². The molecule has 8 nitrogen and oxygen atoms in total. The van der Waals surface area contributed by atoms with Crippen LogP contribution >= 0.6 is 0 Å². The topological polar surface area (TPSA) is 130 Å². The zero-order chi connectivity index (χ0) is 30.5. The lowest BCUT2D eigenvalue weighted by atomic mass is 9.76. The molecular weight excluding hydrogens is 546 g/mol. The number of carbonyl (C=O) groups excluding carboxylic acids is 1. The van der Waals surface area contributed by atoms with Crippen LogP contribution < -0.4 is 10.5 Å². The summed E-state index contributed by atoms with van der Waals surface area (Å²) in [6.07, 6.45) is 4.07. The highest BCUT2D eigenvalue weighted by atomic mass is 19.1. The number of nitrogens with two attached hydrogens (primary N) is 1. The number of nitrogens with zero attached hydrogens (tertiary/aromatic N) is 1. The van der Waals surface area contributed by atoms with Crippen LogP contribution in [0.15, 0.2) is 84.9 Å². The van der Waals surface area contributed by atoms with Gasteiger partial charge in [0.15, 0.2) is 0 Å². The molecule has 10 heteroatoms. The van der Waals surface area contributed by atoms with Crippen molar-refractivity contribution in [2.75, 3.05) is 26.2 Å². The quantitative estimate of drug-likeness (QED) is 0.213. The minimum atomic E-state index is -1.26. The number of hydrogen-bond donors (Lipinski definition) is 3. The SMILES string of the molecule is NC(=O)c1ccc(OCCCN2CCC(C(c3ccc(F)cc3)c3ccc(F)cc3)CC2)cc1.O=C(O)/C=C/C(=O)O. The van der Waals surface area contributed by atoms with E-state index in [1.54, 1.807) is 24.3 Å². The molecular formula is C32H34F2N2O6. The van der Waals surface area contributed by atoms with Crippen molar-refractivity contribution in [3.63, 3.8) is 0 Å². The monoisotopic (exact) mass is 580 g/mol. The first kappa shape index (κ1) is 32.0. The molecule has 1 amide bonds. The smallest absolute Gasteiger partial charge is 0.328 e. The highest BCUT2D eigenvalue weighted by molar-refractivity contribution is 5.92. The number of carboxylic acid groups (broad SMARTS) is 2. The highest BCUT2D eigenvalue weighted by Crippen LogP contribution is 2.38. The summed E-state index contributed by atoms with van der Waals surface area (Å²) < 4.78 is 32.8. The Balaban J connectivity index is 0.000000531. The minimum Gasteiger partial charge on any atom is -0.494 e. The number of rotatable bonds is 11. The number of aliphatic carboxylic acids is 2. The van der Waals surface area contributed by atoms with Gasteiger partial charge in [-0.2, -0.15) is 0 Å². The molecule has 42 heavy (non-hydrogen) atoms. The molecule has 1 saturated heterocycles. The molecule has 0 aromatic heterocycles. The van der Waals surface area contributed by atoms with E-state index in [0.717, 1.165) is 55.8 Å². The second kappa shape index (κ2) is 16.0. The number of primary amides is 1. The molecule has 1 aliphatic rings. The van der Waals surface area contributed by atoms with E-state index < -0.39 is 17.8 Å². The second-order valence-corrected chi connectivity index (χ2v) is 9.86. The summed E-state index contributed by atoms with van der Waals surface area (Å²) in [6.45, 7) is 3.52. The van der Waals surface area contributed by atoms with Crippen LogP contribution in [0.5, 0.6) is 5.75 Å². The number of benzene rings is 3. The molecule has 222 valence electrons. The van der Waals surface area contributed by atoms with Gasteiger partial charge in [-0.25, -0.2) is 18.4 Å². The molecule has 0 radical (unpaired) electrons. The minimum absolute atomic E-state index is 0.120. The lowest BCUT2D eigenvalue weighted by molar-refractivity contribution is -0.134. The third-order valence-electron chi connectivity index (χ3n) is 6.96. The Kier molecular flexibility index (Phi) is 12.2. The van der Waals surface area contributed by atoms with Crippen LogP contribution in [-0.4, -0.2) is 59.2 Å². The Morgan fingerprint density at radius 2 is 1.31 bits per heavy atom. The maximum Gasteiger partial charge on any atom is 0.328 e. The summed E-state index contributed by atoms with van der Waals surface area (Å²) in [5.74, 6) is -2.20. The number of halogens is 2. The summed E-state index contributed by atoms with van der Waals surface area (Å²) >= 11 is 0. The van der Waals surface area contributed by atoms with E-state index in [-0.39, 0.29) is 17.6 Å². The van der Waals surface area contributed by atoms with Crippen molar-refractivity contribution in [3.05, 3.63) is 113 Å². The van der Waals surface area contributed by atoms with Crippen molar-refractivity contribution in [2.45, 2.75) is 25.2 Å². The molecule has 0 aliphatic carbocycles. The van der Waals surface area contributed by atoms with Crippen LogP contribution in [0.4, 0.5) is 8.78 Å². The standard InChI is InChI=1S/C28H30F2N2O2.C4H4O4/c29-24-8-2-20(3-9-24)27(21-4-10-25(30)11-5-21)22-14-17-32(18-15-22)16-1-19-34-26-12-6-23(7-13-26)28(31)33;5-3(6)1-2-4(7)8/h2-13,22,27H,1,14-19H2,(H2,31,33);1-2H,(H,5,6)(H,7,8)/b;2-1+. The predicted molar refractivity (Wildman–Crippen MR) is 153 cm³/mol. The Hall–Kier alpha value is -4.57. The number of carbonyl (C=O) groups is 3. The molecule has 4 N–H and O–H groups in total. The Bertz CT molecular complexity index is 1280. The van der Waals surface area contributed by atoms with Crippen LogP contribution in [0.1, 0.15) is 46.7 Å². The van der Waals surface area contributed by atoms with E-state index in [4.69, 9.17) is 20.7 Å². The van der Waals surface area contributed by atoms with Gasteiger partial charge in [-0.15, -0.1) is 0 Å². The van der Waals surface area contributed by atoms with Gasteiger partial charge in [-0.05, 0) is 97.9 Å². The zero-order valence-corrected chi connectivity index (χ0v) is 23.0. The summed E-state index contributed by atoms with van der Waals surface area (Å²) in [5, 5.41) is 15.6. The van der Waals surface area contributed by atoms with Crippen LogP contribution in [0.2, 0.25) is 0 Å². The molecule has 3 aromatic rings. The average molecular weight is 581 g/mol. The zero-order valence-electron chi connectivity index (χ0n) is 23.0. The average Bonchev–Trinajstić information content (AvgIpc) is 2.97. The van der Waals surface area contributed by atoms with Gasteiger partial charge >= 0.3 is 11.9 Å². The second-order valence-electron chi connectivity index (χ2n) is 9.86. The van der Waals surface area contributed by atoms with Crippen molar-refractivity contribution in [3.8, 4) is 5.75 Å². The maximum absolute atomic E-state index is 13.5. The van der Waals surface area contributed by atoms with E-state index in [1.807, 2.05) is 24.3 Å². The summed E-state index contributed by atoms with van der Waals surface area (Å²) in [7, 11) is 0. The number of ether oxygens (including phenoxy) is 1. The van der Waals surface area contributed by atoms with Crippen LogP contribution in [0.25, 0.3) is 0 Å². The van der Waals surface area contributed by atoms with Crippen molar-refractivity contribution >= 4 is 17.8 Å². The van der Waals surface area contributed by atoms with Gasteiger partial charge in [-0.3, -0.25) is 4.79 Å². The van der Waals surface area contributed by atoms with Gasteiger partial charge in [0, 0.05) is 30.2 Å².